The second-order valence-electron chi connectivity index (χ2n) is 8.10. The van der Waals surface area contributed by atoms with Crippen LogP contribution in [0.15, 0.2) is 10.6 Å². The summed E-state index contributed by atoms with van der Waals surface area (Å²) in [6, 6.07) is 2.01. The summed E-state index contributed by atoms with van der Waals surface area (Å²) in [4.78, 5) is 12.7. The molecule has 6 heteroatoms. The third kappa shape index (κ3) is 5.62. The minimum absolute atomic E-state index is 0. The normalized spacial score (nSPS) is 21.7. The monoisotopic (exact) mass is 354 g/mol. The van der Waals surface area contributed by atoms with Crippen molar-refractivity contribution in [2.24, 2.45) is 0 Å². The van der Waals surface area contributed by atoms with Crippen LogP contribution in [0.2, 0.25) is 0 Å². The van der Waals surface area contributed by atoms with Gasteiger partial charge in [-0.3, -0.25) is 4.79 Å². The van der Waals surface area contributed by atoms with Gasteiger partial charge in [0.05, 0.1) is 30.4 Å². The van der Waals surface area contributed by atoms with Crippen molar-refractivity contribution < 1.29 is 19.5 Å². The molecule has 0 unspecified atom stereocenters. The number of nitrogens with zero attached hydrogens (tertiary/aromatic N) is 1. The highest BCUT2D eigenvalue weighted by Gasteiger charge is 2.33. The maximum atomic E-state index is 12.7. The Morgan fingerprint density at radius 2 is 1.88 bits per heavy atom. The van der Waals surface area contributed by atoms with Crippen LogP contribution in [0.4, 0.5) is 0 Å². The fourth-order valence-electron chi connectivity index (χ4n) is 2.99. The van der Waals surface area contributed by atoms with Crippen LogP contribution < -0.4 is 5.32 Å². The summed E-state index contributed by atoms with van der Waals surface area (Å²) in [5, 5.41) is 26.4. The van der Waals surface area contributed by atoms with Crippen molar-refractivity contribution in [3.63, 3.8) is 0 Å². The Hall–Kier alpha value is -1.24. The SMILES string of the molecule is C.CC(C)(NC1CCC(O)CC1)C(=O)Cc1cc(C(C)(C)CO)no1. The van der Waals surface area contributed by atoms with Crippen LogP contribution in [0.1, 0.15) is 72.3 Å². The van der Waals surface area contributed by atoms with Crippen LogP contribution in [0, 0.1) is 0 Å². The number of aliphatic hydroxyl groups is 2. The van der Waals surface area contributed by atoms with Crippen molar-refractivity contribution in [3.05, 3.63) is 17.5 Å². The zero-order valence-corrected chi connectivity index (χ0v) is 15.1. The van der Waals surface area contributed by atoms with Gasteiger partial charge in [0.25, 0.3) is 0 Å². The Balaban J connectivity index is 0.00000312. The average Bonchev–Trinajstić information content (AvgIpc) is 2.98. The zero-order valence-electron chi connectivity index (χ0n) is 15.1. The molecular weight excluding hydrogens is 320 g/mol. The van der Waals surface area contributed by atoms with E-state index >= 15 is 0 Å². The predicted molar refractivity (Wildman–Crippen MR) is 97.5 cm³/mol. The number of carbonyl (C=O) groups excluding carboxylic acids is 1. The largest absolute Gasteiger partial charge is 0.395 e. The van der Waals surface area contributed by atoms with Crippen LogP contribution in [-0.2, 0) is 16.6 Å². The van der Waals surface area contributed by atoms with Crippen molar-refractivity contribution in [1.29, 1.82) is 0 Å². The van der Waals surface area contributed by atoms with E-state index in [1.807, 2.05) is 27.7 Å². The minimum Gasteiger partial charge on any atom is -0.395 e. The van der Waals surface area contributed by atoms with E-state index in [2.05, 4.69) is 10.5 Å². The maximum absolute atomic E-state index is 12.7. The zero-order chi connectivity index (χ0) is 18.0. The van der Waals surface area contributed by atoms with Crippen molar-refractivity contribution in [2.45, 2.75) is 90.3 Å². The van der Waals surface area contributed by atoms with Gasteiger partial charge in [-0.05, 0) is 39.5 Å². The molecule has 0 radical (unpaired) electrons. The van der Waals surface area contributed by atoms with Crippen LogP contribution in [0.25, 0.3) is 0 Å². The standard InChI is InChI=1S/C18H30N2O4.CH4/c1-17(2,11-21)15-9-14(24-20-15)10-16(23)18(3,4)19-12-5-7-13(22)8-6-12;/h9,12-13,19,21-22H,5-8,10-11H2,1-4H3;1H4. The number of rotatable bonds is 7. The Kier molecular flexibility index (Phi) is 7.35. The molecule has 144 valence electrons. The third-order valence-electron chi connectivity index (χ3n) is 4.94. The van der Waals surface area contributed by atoms with E-state index < -0.39 is 11.0 Å². The topological polar surface area (TPSA) is 95.6 Å². The molecule has 1 aromatic heterocycles. The van der Waals surface area contributed by atoms with Gasteiger partial charge in [-0.15, -0.1) is 0 Å². The highest BCUT2D eigenvalue weighted by Crippen LogP contribution is 2.24. The molecule has 1 aliphatic carbocycles. The van der Waals surface area contributed by atoms with Crippen LogP contribution in [0.5, 0.6) is 0 Å². The number of ketones is 1. The third-order valence-corrected chi connectivity index (χ3v) is 4.94. The number of nitrogens with one attached hydrogen (secondary N) is 1. The van der Waals surface area contributed by atoms with E-state index in [4.69, 9.17) is 4.52 Å². The Labute approximate surface area is 151 Å². The maximum Gasteiger partial charge on any atom is 0.159 e. The molecule has 1 aliphatic rings. The first kappa shape index (κ1) is 21.8. The number of hydrogen-bond donors (Lipinski definition) is 3. The second kappa shape index (κ2) is 8.43. The quantitative estimate of drug-likeness (QED) is 0.696. The van der Waals surface area contributed by atoms with E-state index in [0.29, 0.717) is 11.5 Å². The first-order valence-electron chi connectivity index (χ1n) is 8.70. The Morgan fingerprint density at radius 1 is 1.28 bits per heavy atom. The second-order valence-corrected chi connectivity index (χ2v) is 8.10. The lowest BCUT2D eigenvalue weighted by Gasteiger charge is -2.34. The predicted octanol–water partition coefficient (Wildman–Crippen LogP) is 2.36. The van der Waals surface area contributed by atoms with E-state index in [1.54, 1.807) is 6.07 Å². The summed E-state index contributed by atoms with van der Waals surface area (Å²) in [6.07, 6.45) is 3.30. The number of Topliss-reactive ketones (excluding diaryl/α,β-unsaturated/α-hetero) is 1. The Bertz CT molecular complexity index is 558. The number of aliphatic hydroxyl groups excluding tert-OH is 2. The van der Waals surface area contributed by atoms with E-state index in [1.165, 1.54) is 0 Å². The van der Waals surface area contributed by atoms with Gasteiger partial charge >= 0.3 is 0 Å². The van der Waals surface area contributed by atoms with Crippen LogP contribution in [0.3, 0.4) is 0 Å². The van der Waals surface area contributed by atoms with E-state index in [0.717, 1.165) is 25.7 Å². The van der Waals surface area contributed by atoms with E-state index in [-0.39, 0.29) is 38.4 Å². The highest BCUT2D eigenvalue weighted by atomic mass is 16.5. The van der Waals surface area contributed by atoms with Crippen molar-refractivity contribution in [1.82, 2.24) is 10.5 Å². The van der Waals surface area contributed by atoms with Crippen molar-refractivity contribution in [2.75, 3.05) is 6.61 Å². The lowest BCUT2D eigenvalue weighted by Crippen LogP contribution is -2.53. The molecule has 1 aromatic rings. The van der Waals surface area contributed by atoms with Gasteiger partial charge in [-0.1, -0.05) is 26.4 Å². The van der Waals surface area contributed by atoms with Gasteiger partial charge in [0.2, 0.25) is 0 Å². The molecule has 2 rings (SSSR count). The molecule has 1 heterocycles. The summed E-state index contributed by atoms with van der Waals surface area (Å²) >= 11 is 0. The van der Waals surface area contributed by atoms with E-state index in [9.17, 15) is 15.0 Å². The molecule has 0 atom stereocenters. The first-order valence-corrected chi connectivity index (χ1v) is 8.70. The summed E-state index contributed by atoms with van der Waals surface area (Å²) in [5.41, 5.74) is -0.492. The molecule has 0 bridgehead atoms. The number of carbonyl (C=O) groups is 1. The van der Waals surface area contributed by atoms with Crippen LogP contribution in [-0.4, -0.2) is 45.4 Å². The molecule has 0 amide bonds. The number of hydrogen-bond acceptors (Lipinski definition) is 6. The van der Waals surface area contributed by atoms with Crippen molar-refractivity contribution >= 4 is 5.78 Å². The number of aromatic nitrogens is 1. The Morgan fingerprint density at radius 3 is 2.44 bits per heavy atom. The molecule has 0 aliphatic heterocycles. The molecule has 0 saturated heterocycles. The first-order chi connectivity index (χ1) is 11.1. The molecule has 6 nitrogen and oxygen atoms in total. The molecule has 3 N–H and O–H groups in total. The lowest BCUT2D eigenvalue weighted by atomic mass is 9.88. The minimum atomic E-state index is -0.660. The smallest absolute Gasteiger partial charge is 0.159 e. The van der Waals surface area contributed by atoms with Gasteiger partial charge in [0.1, 0.15) is 5.76 Å². The summed E-state index contributed by atoms with van der Waals surface area (Å²) in [5.74, 6) is 0.559. The summed E-state index contributed by atoms with van der Waals surface area (Å²) in [7, 11) is 0. The van der Waals surface area contributed by atoms with Crippen molar-refractivity contribution in [3.8, 4) is 0 Å². The molecule has 1 saturated carbocycles. The fraction of sp³-hybridized carbons (Fsp3) is 0.789. The fourth-order valence-corrected chi connectivity index (χ4v) is 2.99. The van der Waals surface area contributed by atoms with Gasteiger partial charge in [0, 0.05) is 17.5 Å². The lowest BCUT2D eigenvalue weighted by molar-refractivity contribution is -0.124. The molecular formula is C19H34N2O4. The van der Waals surface area contributed by atoms with Gasteiger partial charge in [0.15, 0.2) is 5.78 Å². The summed E-state index contributed by atoms with van der Waals surface area (Å²) in [6.45, 7) is 7.48. The summed E-state index contributed by atoms with van der Waals surface area (Å²) < 4.78 is 5.28. The molecule has 0 spiro atoms. The molecule has 0 aromatic carbocycles. The van der Waals surface area contributed by atoms with Gasteiger partial charge in [-0.25, -0.2) is 0 Å². The molecule has 1 fully saturated rings. The highest BCUT2D eigenvalue weighted by molar-refractivity contribution is 5.89. The van der Waals surface area contributed by atoms with Gasteiger partial charge < -0.3 is 20.1 Å². The average molecular weight is 354 g/mol. The van der Waals surface area contributed by atoms with Gasteiger partial charge in [-0.2, -0.15) is 0 Å². The van der Waals surface area contributed by atoms with Crippen LogP contribution >= 0.6 is 0 Å². The molecule has 25 heavy (non-hydrogen) atoms.